The van der Waals surface area contributed by atoms with E-state index >= 15 is 0 Å². The number of rotatable bonds is 4. The van der Waals surface area contributed by atoms with Gasteiger partial charge in [-0.3, -0.25) is 0 Å². The summed E-state index contributed by atoms with van der Waals surface area (Å²) in [5, 5.41) is 15.2. The van der Waals surface area contributed by atoms with E-state index < -0.39 is 6.03 Å². The van der Waals surface area contributed by atoms with Gasteiger partial charge in [-0.15, -0.1) is 10.2 Å². The molecule has 0 saturated carbocycles. The largest absolute Gasteiger partial charge is 0.355 e. The molecule has 4 rings (SSSR count). The number of amides is 2. The van der Waals surface area contributed by atoms with Crippen LogP contribution in [0.25, 0.3) is 11.3 Å². The van der Waals surface area contributed by atoms with Crippen LogP contribution in [0, 0.1) is 5.92 Å². The summed E-state index contributed by atoms with van der Waals surface area (Å²) in [6, 6.07) is 15.9. The maximum absolute atomic E-state index is 12.2. The topological polar surface area (TPSA) is 70.2 Å². The van der Waals surface area contributed by atoms with Crippen molar-refractivity contribution in [3.63, 3.8) is 0 Å². The number of nitrogens with one attached hydrogen (secondary N) is 2. The van der Waals surface area contributed by atoms with E-state index in [1.807, 2.05) is 36.4 Å². The van der Waals surface area contributed by atoms with Crippen LogP contribution in [0.2, 0.25) is 10.0 Å². The van der Waals surface area contributed by atoms with Crippen LogP contribution >= 0.6 is 23.2 Å². The van der Waals surface area contributed by atoms with Crippen LogP contribution in [0.3, 0.4) is 0 Å². The van der Waals surface area contributed by atoms with Gasteiger partial charge in [0.15, 0.2) is 5.82 Å². The molecule has 0 atom stereocenters. The highest BCUT2D eigenvalue weighted by molar-refractivity contribution is 6.36. The van der Waals surface area contributed by atoms with Gasteiger partial charge in [0, 0.05) is 29.4 Å². The summed E-state index contributed by atoms with van der Waals surface area (Å²) in [6.45, 7) is 4.35. The quantitative estimate of drug-likeness (QED) is 0.481. The van der Waals surface area contributed by atoms with E-state index in [9.17, 15) is 4.79 Å². The van der Waals surface area contributed by atoms with Gasteiger partial charge in [0.2, 0.25) is 0 Å². The molecule has 0 unspecified atom stereocenters. The minimum atomic E-state index is -0.392. The molecular weight excluding hydrogens is 433 g/mol. The lowest BCUT2D eigenvalue weighted by molar-refractivity contribution is 0.262. The van der Waals surface area contributed by atoms with E-state index in [-0.39, 0.29) is 0 Å². The van der Waals surface area contributed by atoms with Gasteiger partial charge in [-0.25, -0.2) is 4.79 Å². The standard InChI is InChI=1S/C23H23Cl2N5O/c1-15-10-12-30(13-11-15)22-9-8-20(28-29-22)16-2-5-18(6-3-16)26-23(31)27-21-7-4-17(24)14-19(21)25/h2-9,14-15H,10-13H2,1H3,(H2,26,27,31). The van der Waals surface area contributed by atoms with Gasteiger partial charge in [0.1, 0.15) is 0 Å². The average molecular weight is 456 g/mol. The fourth-order valence-corrected chi connectivity index (χ4v) is 3.94. The van der Waals surface area contributed by atoms with Crippen molar-refractivity contribution in [1.82, 2.24) is 10.2 Å². The summed E-state index contributed by atoms with van der Waals surface area (Å²) in [5.41, 5.74) is 2.85. The molecule has 8 heteroatoms. The van der Waals surface area contributed by atoms with E-state index in [2.05, 4.69) is 32.7 Å². The molecule has 1 aromatic heterocycles. The molecule has 3 aromatic rings. The fourth-order valence-electron chi connectivity index (χ4n) is 3.49. The first kappa shape index (κ1) is 21.4. The van der Waals surface area contributed by atoms with Crippen LogP contribution in [0.15, 0.2) is 54.6 Å². The number of aromatic nitrogens is 2. The third kappa shape index (κ3) is 5.46. The Kier molecular flexibility index (Phi) is 6.59. The zero-order valence-electron chi connectivity index (χ0n) is 17.1. The summed E-state index contributed by atoms with van der Waals surface area (Å²) in [4.78, 5) is 14.5. The van der Waals surface area contributed by atoms with Crippen molar-refractivity contribution >= 4 is 46.4 Å². The van der Waals surface area contributed by atoms with Crippen molar-refractivity contribution < 1.29 is 4.79 Å². The van der Waals surface area contributed by atoms with Crippen molar-refractivity contribution in [1.29, 1.82) is 0 Å². The Hall–Kier alpha value is -2.83. The van der Waals surface area contributed by atoms with E-state index in [0.29, 0.717) is 21.4 Å². The van der Waals surface area contributed by atoms with Gasteiger partial charge in [0.05, 0.1) is 16.4 Å². The Morgan fingerprint density at radius 3 is 2.35 bits per heavy atom. The summed E-state index contributed by atoms with van der Waals surface area (Å²) >= 11 is 12.0. The number of benzene rings is 2. The third-order valence-electron chi connectivity index (χ3n) is 5.38. The van der Waals surface area contributed by atoms with E-state index in [4.69, 9.17) is 23.2 Å². The molecule has 2 amide bonds. The Balaban J connectivity index is 1.37. The first-order chi connectivity index (χ1) is 15.0. The van der Waals surface area contributed by atoms with Crippen molar-refractivity contribution in [3.05, 3.63) is 64.6 Å². The second kappa shape index (κ2) is 9.54. The second-order valence-electron chi connectivity index (χ2n) is 7.73. The summed E-state index contributed by atoms with van der Waals surface area (Å²) in [6.07, 6.45) is 2.38. The van der Waals surface area contributed by atoms with Crippen molar-refractivity contribution in [2.45, 2.75) is 19.8 Å². The molecule has 0 aliphatic carbocycles. The van der Waals surface area contributed by atoms with Gasteiger partial charge in [-0.2, -0.15) is 0 Å². The molecule has 2 N–H and O–H groups in total. The highest BCUT2D eigenvalue weighted by Gasteiger charge is 2.17. The molecule has 1 fully saturated rings. The van der Waals surface area contributed by atoms with E-state index in [0.717, 1.165) is 36.1 Å². The van der Waals surface area contributed by atoms with E-state index in [1.54, 1.807) is 18.2 Å². The maximum atomic E-state index is 12.2. The number of anilines is 3. The van der Waals surface area contributed by atoms with Crippen LogP contribution in [-0.2, 0) is 0 Å². The Morgan fingerprint density at radius 1 is 0.968 bits per heavy atom. The molecule has 2 heterocycles. The Bertz CT molecular complexity index is 1050. The Morgan fingerprint density at radius 2 is 1.71 bits per heavy atom. The zero-order chi connectivity index (χ0) is 21.8. The summed E-state index contributed by atoms with van der Waals surface area (Å²) in [5.74, 6) is 1.70. The van der Waals surface area contributed by atoms with Crippen molar-refractivity contribution in [3.8, 4) is 11.3 Å². The van der Waals surface area contributed by atoms with E-state index in [1.165, 1.54) is 12.8 Å². The zero-order valence-corrected chi connectivity index (χ0v) is 18.6. The summed E-state index contributed by atoms with van der Waals surface area (Å²) in [7, 11) is 0. The van der Waals surface area contributed by atoms with Crippen LogP contribution in [-0.4, -0.2) is 29.3 Å². The average Bonchev–Trinajstić information content (AvgIpc) is 2.77. The van der Waals surface area contributed by atoms with Gasteiger partial charge in [-0.1, -0.05) is 42.3 Å². The minimum Gasteiger partial charge on any atom is -0.355 e. The molecule has 0 bridgehead atoms. The number of halogens is 2. The van der Waals surface area contributed by atoms with Gasteiger partial charge in [-0.05, 0) is 61.2 Å². The highest BCUT2D eigenvalue weighted by Crippen LogP contribution is 2.26. The molecule has 1 aliphatic heterocycles. The fraction of sp³-hybridized carbons (Fsp3) is 0.261. The molecule has 2 aromatic carbocycles. The first-order valence-corrected chi connectivity index (χ1v) is 11.0. The first-order valence-electron chi connectivity index (χ1n) is 10.2. The molecule has 0 spiro atoms. The summed E-state index contributed by atoms with van der Waals surface area (Å²) < 4.78 is 0. The number of hydrogen-bond acceptors (Lipinski definition) is 4. The number of carbonyl (C=O) groups excluding carboxylic acids is 1. The lowest BCUT2D eigenvalue weighted by Crippen LogP contribution is -2.33. The van der Waals surface area contributed by atoms with Gasteiger partial charge in [0.25, 0.3) is 0 Å². The van der Waals surface area contributed by atoms with Crippen LogP contribution in [0.5, 0.6) is 0 Å². The highest BCUT2D eigenvalue weighted by atomic mass is 35.5. The molecule has 6 nitrogen and oxygen atoms in total. The van der Waals surface area contributed by atoms with Crippen LogP contribution < -0.4 is 15.5 Å². The normalized spacial score (nSPS) is 14.4. The third-order valence-corrected chi connectivity index (χ3v) is 5.92. The number of piperidine rings is 1. The predicted octanol–water partition coefficient (Wildman–Crippen LogP) is 6.33. The number of nitrogens with zero attached hydrogens (tertiary/aromatic N) is 3. The lowest BCUT2D eigenvalue weighted by Gasteiger charge is -2.30. The van der Waals surface area contributed by atoms with Crippen molar-refractivity contribution in [2.75, 3.05) is 28.6 Å². The maximum Gasteiger partial charge on any atom is 0.323 e. The Labute approximate surface area is 191 Å². The number of hydrogen-bond donors (Lipinski definition) is 2. The SMILES string of the molecule is CC1CCN(c2ccc(-c3ccc(NC(=O)Nc4ccc(Cl)cc4Cl)cc3)nn2)CC1. The molecular formula is C23H23Cl2N5O. The minimum absolute atomic E-state index is 0.374. The van der Waals surface area contributed by atoms with Gasteiger partial charge < -0.3 is 15.5 Å². The monoisotopic (exact) mass is 455 g/mol. The smallest absolute Gasteiger partial charge is 0.323 e. The van der Waals surface area contributed by atoms with Crippen molar-refractivity contribution in [2.24, 2.45) is 5.92 Å². The number of carbonyl (C=O) groups is 1. The predicted molar refractivity (Wildman–Crippen MR) is 127 cm³/mol. The molecule has 1 saturated heterocycles. The molecule has 31 heavy (non-hydrogen) atoms. The van der Waals surface area contributed by atoms with Gasteiger partial charge >= 0.3 is 6.03 Å². The molecule has 0 radical (unpaired) electrons. The lowest BCUT2D eigenvalue weighted by atomic mass is 9.99. The van der Waals surface area contributed by atoms with Crippen LogP contribution in [0.4, 0.5) is 22.0 Å². The molecule has 1 aliphatic rings. The van der Waals surface area contributed by atoms with Crippen LogP contribution in [0.1, 0.15) is 19.8 Å². The number of urea groups is 1. The molecule has 160 valence electrons. The second-order valence-corrected chi connectivity index (χ2v) is 8.57.